The van der Waals surface area contributed by atoms with Crippen LogP contribution in [0.4, 0.5) is 5.69 Å². The Morgan fingerprint density at radius 2 is 1.63 bits per heavy atom. The third kappa shape index (κ3) is 6.02. The number of hydrazone groups is 1. The van der Waals surface area contributed by atoms with Crippen molar-refractivity contribution in [3.63, 3.8) is 0 Å². The van der Waals surface area contributed by atoms with Gasteiger partial charge in [-0.3, -0.25) is 9.59 Å². The number of halogens is 1. The number of nitrogens with zero attached hydrogens (tertiary/aromatic N) is 1. The molecule has 0 saturated carbocycles. The van der Waals surface area contributed by atoms with E-state index in [2.05, 4.69) is 15.8 Å². The summed E-state index contributed by atoms with van der Waals surface area (Å²) in [5, 5.41) is 6.59. The molecule has 0 spiro atoms. The minimum absolute atomic E-state index is 0.317. The lowest BCUT2D eigenvalue weighted by atomic mass is 10.2. The second-order valence-corrected chi connectivity index (χ2v) is 6.43. The second kappa shape index (κ2) is 9.99. The summed E-state index contributed by atoms with van der Waals surface area (Å²) in [5.74, 6) is -2.01. The van der Waals surface area contributed by atoms with E-state index < -0.39 is 17.8 Å². The summed E-state index contributed by atoms with van der Waals surface area (Å²) in [6.45, 7) is 0. The maximum absolute atomic E-state index is 12.1. The number of amides is 2. The van der Waals surface area contributed by atoms with Crippen LogP contribution in [0.2, 0.25) is 5.02 Å². The van der Waals surface area contributed by atoms with Crippen LogP contribution in [0.5, 0.6) is 5.75 Å². The fourth-order valence-electron chi connectivity index (χ4n) is 2.37. The highest BCUT2D eigenvalue weighted by molar-refractivity contribution is 6.39. The van der Waals surface area contributed by atoms with Crippen LogP contribution < -0.4 is 15.5 Å². The SMILES string of the molecule is O=C(N/N=C/c1cccc(OC(=O)c2ccccc2)c1)C(=O)Nc1cccc(Cl)c1. The fraction of sp³-hybridized carbons (Fsp3) is 0. The van der Waals surface area contributed by atoms with Crippen LogP contribution in [-0.2, 0) is 9.59 Å². The van der Waals surface area contributed by atoms with Crippen LogP contribution in [0.3, 0.4) is 0 Å². The quantitative estimate of drug-likeness (QED) is 0.216. The molecular weight excluding hydrogens is 406 g/mol. The third-order valence-corrected chi connectivity index (χ3v) is 3.98. The van der Waals surface area contributed by atoms with E-state index in [4.69, 9.17) is 16.3 Å². The third-order valence-electron chi connectivity index (χ3n) is 3.75. The molecule has 0 aliphatic carbocycles. The first-order valence-electron chi connectivity index (χ1n) is 8.78. The average molecular weight is 422 g/mol. The zero-order valence-corrected chi connectivity index (χ0v) is 16.3. The van der Waals surface area contributed by atoms with Gasteiger partial charge in [-0.05, 0) is 48.0 Å². The highest BCUT2D eigenvalue weighted by Gasteiger charge is 2.13. The van der Waals surface area contributed by atoms with Crippen molar-refractivity contribution in [2.24, 2.45) is 5.10 Å². The Morgan fingerprint density at radius 1 is 0.867 bits per heavy atom. The Balaban J connectivity index is 1.55. The van der Waals surface area contributed by atoms with Gasteiger partial charge in [0.05, 0.1) is 11.8 Å². The minimum atomic E-state index is -0.946. The Labute approximate surface area is 177 Å². The normalized spacial score (nSPS) is 10.4. The van der Waals surface area contributed by atoms with Crippen LogP contribution in [0.25, 0.3) is 0 Å². The lowest BCUT2D eigenvalue weighted by Gasteiger charge is -2.05. The molecule has 0 saturated heterocycles. The molecule has 0 radical (unpaired) electrons. The van der Waals surface area contributed by atoms with Crippen molar-refractivity contribution >= 4 is 41.3 Å². The van der Waals surface area contributed by atoms with Crippen LogP contribution in [0.1, 0.15) is 15.9 Å². The van der Waals surface area contributed by atoms with Gasteiger partial charge in [-0.25, -0.2) is 10.2 Å². The molecule has 0 fully saturated rings. The number of ether oxygens (including phenoxy) is 1. The van der Waals surface area contributed by atoms with Gasteiger partial charge in [-0.15, -0.1) is 0 Å². The summed E-state index contributed by atoms with van der Waals surface area (Å²) in [6.07, 6.45) is 1.32. The molecule has 0 aliphatic heterocycles. The van der Waals surface area contributed by atoms with Gasteiger partial charge >= 0.3 is 17.8 Å². The van der Waals surface area contributed by atoms with Crippen molar-refractivity contribution in [3.8, 4) is 5.75 Å². The molecule has 0 heterocycles. The molecule has 150 valence electrons. The monoisotopic (exact) mass is 421 g/mol. The molecule has 7 nitrogen and oxygen atoms in total. The van der Waals surface area contributed by atoms with Crippen molar-refractivity contribution < 1.29 is 19.1 Å². The number of anilines is 1. The molecule has 3 rings (SSSR count). The highest BCUT2D eigenvalue weighted by Crippen LogP contribution is 2.15. The summed E-state index contributed by atoms with van der Waals surface area (Å²) in [4.78, 5) is 35.8. The van der Waals surface area contributed by atoms with E-state index in [1.807, 2.05) is 0 Å². The molecule has 0 atom stereocenters. The summed E-state index contributed by atoms with van der Waals surface area (Å²) in [7, 11) is 0. The zero-order valence-electron chi connectivity index (χ0n) is 15.5. The van der Waals surface area contributed by atoms with Crippen molar-refractivity contribution in [1.82, 2.24) is 5.43 Å². The molecule has 0 aromatic heterocycles. The van der Waals surface area contributed by atoms with Crippen molar-refractivity contribution in [2.45, 2.75) is 0 Å². The van der Waals surface area contributed by atoms with Gasteiger partial charge in [-0.2, -0.15) is 5.10 Å². The zero-order chi connectivity index (χ0) is 21.3. The van der Waals surface area contributed by atoms with Crippen molar-refractivity contribution in [1.29, 1.82) is 0 Å². The number of carbonyl (C=O) groups is 3. The van der Waals surface area contributed by atoms with E-state index in [1.165, 1.54) is 12.3 Å². The predicted octanol–water partition coefficient (Wildman–Crippen LogP) is 3.65. The van der Waals surface area contributed by atoms with Crippen LogP contribution >= 0.6 is 11.6 Å². The lowest BCUT2D eigenvalue weighted by molar-refractivity contribution is -0.136. The highest BCUT2D eigenvalue weighted by atomic mass is 35.5. The molecule has 0 unspecified atom stereocenters. The molecule has 3 aromatic carbocycles. The topological polar surface area (TPSA) is 96.9 Å². The molecule has 2 N–H and O–H groups in total. The van der Waals surface area contributed by atoms with E-state index in [9.17, 15) is 14.4 Å². The first-order valence-corrected chi connectivity index (χ1v) is 9.16. The van der Waals surface area contributed by atoms with Crippen LogP contribution in [0.15, 0.2) is 84.0 Å². The van der Waals surface area contributed by atoms with E-state index in [0.717, 1.165) is 0 Å². The number of hydrogen-bond acceptors (Lipinski definition) is 5. The van der Waals surface area contributed by atoms with Gasteiger partial charge in [0.25, 0.3) is 0 Å². The summed E-state index contributed by atoms with van der Waals surface area (Å²) in [6, 6.07) is 21.5. The van der Waals surface area contributed by atoms with Crippen LogP contribution in [0, 0.1) is 0 Å². The number of esters is 1. The van der Waals surface area contributed by atoms with Gasteiger partial charge < -0.3 is 10.1 Å². The Morgan fingerprint density at radius 3 is 2.40 bits per heavy atom. The molecule has 0 bridgehead atoms. The van der Waals surface area contributed by atoms with Gasteiger partial charge in [0.2, 0.25) is 0 Å². The largest absolute Gasteiger partial charge is 0.423 e. The van der Waals surface area contributed by atoms with Crippen LogP contribution in [-0.4, -0.2) is 24.0 Å². The molecule has 8 heteroatoms. The van der Waals surface area contributed by atoms with Gasteiger partial charge in [0.1, 0.15) is 5.75 Å². The molecule has 3 aromatic rings. The summed E-state index contributed by atoms with van der Waals surface area (Å²) >= 11 is 5.83. The summed E-state index contributed by atoms with van der Waals surface area (Å²) in [5.41, 5.74) is 3.50. The first-order chi connectivity index (χ1) is 14.5. The van der Waals surface area contributed by atoms with E-state index in [0.29, 0.717) is 27.6 Å². The lowest BCUT2D eigenvalue weighted by Crippen LogP contribution is -2.32. The maximum Gasteiger partial charge on any atom is 0.343 e. The standard InChI is InChI=1S/C22H16ClN3O4/c23-17-9-5-10-18(13-17)25-20(27)21(28)26-24-14-15-6-4-11-19(12-15)30-22(29)16-7-2-1-3-8-16/h1-14H,(H,25,27)(H,26,28)/b24-14+. The van der Waals surface area contributed by atoms with Gasteiger partial charge in [0, 0.05) is 10.7 Å². The van der Waals surface area contributed by atoms with Crippen molar-refractivity contribution in [3.05, 3.63) is 95.0 Å². The Bertz CT molecular complexity index is 1100. The van der Waals surface area contributed by atoms with Gasteiger partial charge in [0.15, 0.2) is 0 Å². The van der Waals surface area contributed by atoms with E-state index >= 15 is 0 Å². The molecule has 2 amide bonds. The van der Waals surface area contributed by atoms with E-state index in [-0.39, 0.29) is 0 Å². The Hall–Kier alpha value is -3.97. The first kappa shape index (κ1) is 20.8. The number of nitrogens with one attached hydrogen (secondary N) is 2. The minimum Gasteiger partial charge on any atom is -0.423 e. The number of benzene rings is 3. The fourth-order valence-corrected chi connectivity index (χ4v) is 2.56. The maximum atomic E-state index is 12.1. The number of hydrogen-bond donors (Lipinski definition) is 2. The predicted molar refractivity (Wildman–Crippen MR) is 114 cm³/mol. The average Bonchev–Trinajstić information content (AvgIpc) is 2.74. The van der Waals surface area contributed by atoms with E-state index in [1.54, 1.807) is 72.8 Å². The Kier molecular flexibility index (Phi) is 6.91. The smallest absolute Gasteiger partial charge is 0.343 e. The molecular formula is C22H16ClN3O4. The molecule has 30 heavy (non-hydrogen) atoms. The number of carbonyl (C=O) groups excluding carboxylic acids is 3. The second-order valence-electron chi connectivity index (χ2n) is 5.99. The summed E-state index contributed by atoms with van der Waals surface area (Å²) < 4.78 is 5.32. The van der Waals surface area contributed by atoms with Gasteiger partial charge in [-0.1, -0.05) is 48.0 Å². The number of rotatable bonds is 5. The molecule has 0 aliphatic rings. The van der Waals surface area contributed by atoms with Crippen molar-refractivity contribution in [2.75, 3.05) is 5.32 Å².